The molecule has 20 heavy (non-hydrogen) atoms. The molecular formula is C15H19N5. The van der Waals surface area contributed by atoms with E-state index in [0.717, 1.165) is 42.8 Å². The van der Waals surface area contributed by atoms with Crippen molar-refractivity contribution in [2.24, 2.45) is 5.92 Å². The highest BCUT2D eigenvalue weighted by atomic mass is 15.2. The number of pyridine rings is 1. The van der Waals surface area contributed by atoms with Crippen molar-refractivity contribution in [3.8, 4) is 11.4 Å². The molecule has 0 spiro atoms. The Morgan fingerprint density at radius 2 is 1.95 bits per heavy atom. The van der Waals surface area contributed by atoms with E-state index in [9.17, 15) is 0 Å². The smallest absolute Gasteiger partial charge is 0.148 e. The van der Waals surface area contributed by atoms with Gasteiger partial charge in [0.2, 0.25) is 0 Å². The predicted molar refractivity (Wildman–Crippen MR) is 79.3 cm³/mol. The summed E-state index contributed by atoms with van der Waals surface area (Å²) in [7, 11) is 0. The molecule has 2 aromatic rings. The summed E-state index contributed by atoms with van der Waals surface area (Å²) in [5.41, 5.74) is 1.66. The SMILES string of the molecule is c1ccc(-c2ccc(NCC3CCNCC3)nn2)nc1. The fraction of sp³-hybridized carbons (Fsp3) is 0.400. The van der Waals surface area contributed by atoms with Crippen molar-refractivity contribution >= 4 is 5.82 Å². The molecule has 1 aliphatic heterocycles. The van der Waals surface area contributed by atoms with Crippen LogP contribution in [0, 0.1) is 5.92 Å². The van der Waals surface area contributed by atoms with E-state index in [1.54, 1.807) is 6.20 Å². The summed E-state index contributed by atoms with van der Waals surface area (Å²) >= 11 is 0. The van der Waals surface area contributed by atoms with Gasteiger partial charge in [-0.25, -0.2) is 0 Å². The molecule has 1 saturated heterocycles. The predicted octanol–water partition coefficient (Wildman–Crippen LogP) is 1.95. The maximum absolute atomic E-state index is 4.27. The first kappa shape index (κ1) is 13.0. The number of nitrogens with zero attached hydrogens (tertiary/aromatic N) is 3. The second-order valence-electron chi connectivity index (χ2n) is 5.09. The van der Waals surface area contributed by atoms with Gasteiger partial charge >= 0.3 is 0 Å². The molecule has 1 aliphatic rings. The van der Waals surface area contributed by atoms with Gasteiger partial charge in [0.15, 0.2) is 0 Å². The van der Waals surface area contributed by atoms with E-state index >= 15 is 0 Å². The molecule has 0 aromatic carbocycles. The van der Waals surface area contributed by atoms with Crippen LogP contribution in [-0.2, 0) is 0 Å². The summed E-state index contributed by atoms with van der Waals surface area (Å²) in [6.07, 6.45) is 4.22. The van der Waals surface area contributed by atoms with Crippen molar-refractivity contribution in [2.75, 3.05) is 25.0 Å². The molecule has 0 bridgehead atoms. The van der Waals surface area contributed by atoms with Crippen LogP contribution in [0.4, 0.5) is 5.82 Å². The van der Waals surface area contributed by atoms with E-state index in [1.807, 2.05) is 30.3 Å². The number of hydrogen-bond donors (Lipinski definition) is 2. The second kappa shape index (κ2) is 6.43. The van der Waals surface area contributed by atoms with E-state index in [-0.39, 0.29) is 0 Å². The zero-order valence-corrected chi connectivity index (χ0v) is 11.4. The first-order valence-corrected chi connectivity index (χ1v) is 7.11. The maximum Gasteiger partial charge on any atom is 0.148 e. The Morgan fingerprint density at radius 1 is 1.05 bits per heavy atom. The van der Waals surface area contributed by atoms with Gasteiger partial charge in [-0.05, 0) is 56.1 Å². The van der Waals surface area contributed by atoms with Crippen LogP contribution < -0.4 is 10.6 Å². The Morgan fingerprint density at radius 3 is 2.65 bits per heavy atom. The van der Waals surface area contributed by atoms with Crippen molar-refractivity contribution in [1.29, 1.82) is 0 Å². The molecule has 1 fully saturated rings. The highest BCUT2D eigenvalue weighted by Gasteiger charge is 2.12. The highest BCUT2D eigenvalue weighted by Crippen LogP contribution is 2.15. The van der Waals surface area contributed by atoms with E-state index in [4.69, 9.17) is 0 Å². The molecular weight excluding hydrogens is 250 g/mol. The van der Waals surface area contributed by atoms with Gasteiger partial charge in [0.25, 0.3) is 0 Å². The summed E-state index contributed by atoms with van der Waals surface area (Å²) in [4.78, 5) is 4.27. The molecule has 5 heteroatoms. The molecule has 0 aliphatic carbocycles. The number of nitrogens with one attached hydrogen (secondary N) is 2. The van der Waals surface area contributed by atoms with Gasteiger partial charge in [-0.1, -0.05) is 6.07 Å². The first-order chi connectivity index (χ1) is 9.92. The molecule has 3 rings (SSSR count). The number of piperidine rings is 1. The number of anilines is 1. The average Bonchev–Trinajstić information content (AvgIpc) is 2.55. The third-order valence-electron chi connectivity index (χ3n) is 3.62. The van der Waals surface area contributed by atoms with Crippen molar-refractivity contribution in [1.82, 2.24) is 20.5 Å². The molecule has 2 N–H and O–H groups in total. The molecule has 5 nitrogen and oxygen atoms in total. The van der Waals surface area contributed by atoms with Crippen LogP contribution in [0.15, 0.2) is 36.5 Å². The zero-order valence-electron chi connectivity index (χ0n) is 11.4. The van der Waals surface area contributed by atoms with Crippen LogP contribution in [0.25, 0.3) is 11.4 Å². The zero-order chi connectivity index (χ0) is 13.6. The van der Waals surface area contributed by atoms with Gasteiger partial charge in [-0.2, -0.15) is 0 Å². The average molecular weight is 269 g/mol. The quantitative estimate of drug-likeness (QED) is 0.888. The van der Waals surface area contributed by atoms with Crippen LogP contribution >= 0.6 is 0 Å². The minimum absolute atomic E-state index is 0.730. The van der Waals surface area contributed by atoms with Gasteiger partial charge in [0.05, 0.1) is 5.69 Å². The third kappa shape index (κ3) is 3.30. The fourth-order valence-electron chi connectivity index (χ4n) is 2.41. The highest BCUT2D eigenvalue weighted by molar-refractivity contribution is 5.54. The van der Waals surface area contributed by atoms with Gasteiger partial charge in [-0.3, -0.25) is 4.98 Å². The first-order valence-electron chi connectivity index (χ1n) is 7.11. The second-order valence-corrected chi connectivity index (χ2v) is 5.09. The topological polar surface area (TPSA) is 62.7 Å². The lowest BCUT2D eigenvalue weighted by Crippen LogP contribution is -2.31. The van der Waals surface area contributed by atoms with Crippen molar-refractivity contribution in [2.45, 2.75) is 12.8 Å². The van der Waals surface area contributed by atoms with Gasteiger partial charge < -0.3 is 10.6 Å². The summed E-state index contributed by atoms with van der Waals surface area (Å²) < 4.78 is 0. The van der Waals surface area contributed by atoms with Crippen LogP contribution in [0.3, 0.4) is 0 Å². The molecule has 0 unspecified atom stereocenters. The van der Waals surface area contributed by atoms with Crippen LogP contribution in [0.1, 0.15) is 12.8 Å². The standard InChI is InChI=1S/C15H19N5/c1-2-8-17-13(3-1)14-4-5-15(20-19-14)18-11-12-6-9-16-10-7-12/h1-5,8,12,16H,6-7,9-11H2,(H,18,20). The minimum atomic E-state index is 0.730. The minimum Gasteiger partial charge on any atom is -0.368 e. The van der Waals surface area contributed by atoms with Gasteiger partial charge in [0, 0.05) is 12.7 Å². The van der Waals surface area contributed by atoms with E-state index < -0.39 is 0 Å². The summed E-state index contributed by atoms with van der Waals surface area (Å²) in [6.45, 7) is 3.21. The Bertz CT molecular complexity index is 520. The lowest BCUT2D eigenvalue weighted by Gasteiger charge is -2.22. The van der Waals surface area contributed by atoms with Gasteiger partial charge in [0.1, 0.15) is 11.5 Å². The molecule has 0 saturated carbocycles. The molecule has 0 atom stereocenters. The number of rotatable bonds is 4. The number of hydrogen-bond acceptors (Lipinski definition) is 5. The summed E-state index contributed by atoms with van der Waals surface area (Å²) in [6, 6.07) is 9.71. The molecule has 3 heterocycles. The molecule has 0 radical (unpaired) electrons. The van der Waals surface area contributed by atoms with Gasteiger partial charge in [-0.15, -0.1) is 10.2 Å². The van der Waals surface area contributed by atoms with E-state index in [2.05, 4.69) is 25.8 Å². The Balaban J connectivity index is 1.58. The monoisotopic (exact) mass is 269 g/mol. The van der Waals surface area contributed by atoms with E-state index in [0.29, 0.717) is 0 Å². The number of aromatic nitrogens is 3. The lowest BCUT2D eigenvalue weighted by molar-refractivity contribution is 0.389. The summed E-state index contributed by atoms with van der Waals surface area (Å²) in [5.74, 6) is 1.57. The van der Waals surface area contributed by atoms with Crippen molar-refractivity contribution in [3.63, 3.8) is 0 Å². The van der Waals surface area contributed by atoms with E-state index in [1.165, 1.54) is 12.8 Å². The molecule has 104 valence electrons. The lowest BCUT2D eigenvalue weighted by atomic mass is 9.98. The van der Waals surface area contributed by atoms with Crippen LogP contribution in [0.5, 0.6) is 0 Å². The van der Waals surface area contributed by atoms with Crippen molar-refractivity contribution < 1.29 is 0 Å². The maximum atomic E-state index is 4.27. The normalized spacial score (nSPS) is 16.0. The van der Waals surface area contributed by atoms with Crippen LogP contribution in [0.2, 0.25) is 0 Å². The fourth-order valence-corrected chi connectivity index (χ4v) is 2.41. The Labute approximate surface area is 118 Å². The largest absolute Gasteiger partial charge is 0.368 e. The summed E-state index contributed by atoms with van der Waals surface area (Å²) in [5, 5.41) is 15.2. The molecule has 0 amide bonds. The Kier molecular flexibility index (Phi) is 4.18. The van der Waals surface area contributed by atoms with Crippen molar-refractivity contribution in [3.05, 3.63) is 36.5 Å². The third-order valence-corrected chi connectivity index (χ3v) is 3.62. The van der Waals surface area contributed by atoms with Crippen LogP contribution in [-0.4, -0.2) is 34.8 Å². The molecule has 2 aromatic heterocycles. The Hall–Kier alpha value is -2.01.